The molecule has 7 heteroatoms. The van der Waals surface area contributed by atoms with E-state index in [0.29, 0.717) is 32.6 Å². The summed E-state index contributed by atoms with van der Waals surface area (Å²) in [6.07, 6.45) is 3.95. The summed E-state index contributed by atoms with van der Waals surface area (Å²) in [5.74, 6) is 0.697. The van der Waals surface area contributed by atoms with E-state index >= 15 is 0 Å². The van der Waals surface area contributed by atoms with E-state index in [9.17, 15) is 9.18 Å². The lowest BCUT2D eigenvalue weighted by molar-refractivity contribution is -0.131. The number of guanidine groups is 1. The van der Waals surface area contributed by atoms with Gasteiger partial charge in [-0.25, -0.2) is 4.39 Å². The molecule has 0 bridgehead atoms. The minimum Gasteiger partial charge on any atom is -0.361 e. The zero-order chi connectivity index (χ0) is 22.3. The van der Waals surface area contributed by atoms with E-state index in [4.69, 9.17) is 0 Å². The molecule has 3 N–H and O–H groups in total. The van der Waals surface area contributed by atoms with Crippen molar-refractivity contribution in [1.29, 1.82) is 0 Å². The molecular weight excluding hydrogens is 405 g/mol. The number of carbonyl (C=O) groups is 1. The van der Waals surface area contributed by atoms with E-state index in [-0.39, 0.29) is 11.7 Å². The van der Waals surface area contributed by atoms with Crippen LogP contribution in [0.3, 0.4) is 0 Å². The summed E-state index contributed by atoms with van der Waals surface area (Å²) >= 11 is 0. The van der Waals surface area contributed by atoms with Gasteiger partial charge < -0.3 is 20.5 Å². The molecule has 2 aromatic carbocycles. The van der Waals surface area contributed by atoms with Gasteiger partial charge in [0.2, 0.25) is 5.91 Å². The quantitative estimate of drug-likeness (QED) is 0.287. The first-order valence-electron chi connectivity index (χ1n) is 11.3. The van der Waals surface area contributed by atoms with E-state index in [1.807, 2.05) is 36.2 Å². The molecule has 32 heavy (non-hydrogen) atoms. The van der Waals surface area contributed by atoms with Gasteiger partial charge in [-0.05, 0) is 54.7 Å². The van der Waals surface area contributed by atoms with Crippen LogP contribution in [0.15, 0.2) is 53.7 Å². The van der Waals surface area contributed by atoms with Crippen LogP contribution in [0.5, 0.6) is 0 Å². The monoisotopic (exact) mass is 435 g/mol. The van der Waals surface area contributed by atoms with E-state index < -0.39 is 0 Å². The zero-order valence-electron chi connectivity index (χ0n) is 18.5. The molecule has 3 aromatic rings. The van der Waals surface area contributed by atoms with Crippen molar-refractivity contribution in [2.75, 3.05) is 19.6 Å². The number of amides is 1. The van der Waals surface area contributed by atoms with Gasteiger partial charge in [0.1, 0.15) is 5.82 Å². The zero-order valence-corrected chi connectivity index (χ0v) is 18.5. The molecule has 0 fully saturated rings. The lowest BCUT2D eigenvalue weighted by Gasteiger charge is -2.15. The number of aromatic amines is 1. The van der Waals surface area contributed by atoms with Crippen molar-refractivity contribution in [3.63, 3.8) is 0 Å². The van der Waals surface area contributed by atoms with Gasteiger partial charge in [-0.1, -0.05) is 24.3 Å². The maximum Gasteiger partial charge on any atom is 0.223 e. The third-order valence-corrected chi connectivity index (χ3v) is 5.77. The van der Waals surface area contributed by atoms with E-state index in [2.05, 4.69) is 32.7 Å². The Bertz CT molecular complexity index is 1080. The topological polar surface area (TPSA) is 72.5 Å². The van der Waals surface area contributed by atoms with Crippen molar-refractivity contribution in [2.24, 2.45) is 4.99 Å². The van der Waals surface area contributed by atoms with Crippen LogP contribution >= 0.6 is 0 Å². The van der Waals surface area contributed by atoms with Gasteiger partial charge >= 0.3 is 0 Å². The highest BCUT2D eigenvalue weighted by Crippen LogP contribution is 2.23. The lowest BCUT2D eigenvalue weighted by atomic mass is 10.1. The Hall–Kier alpha value is -3.35. The molecule has 0 spiro atoms. The second-order valence-electron chi connectivity index (χ2n) is 8.06. The van der Waals surface area contributed by atoms with Gasteiger partial charge in [0.25, 0.3) is 0 Å². The Morgan fingerprint density at radius 1 is 1.16 bits per heavy atom. The van der Waals surface area contributed by atoms with Crippen LogP contribution in [0.2, 0.25) is 0 Å². The number of aromatic nitrogens is 1. The standard InChI is InChI=1S/C25H30FN5O/c1-2-27-25(29-13-11-18-15-30-23-14-21(26)9-10-22(18)23)28-12-5-8-24(32)31-16-19-6-3-4-7-20(19)17-31/h3-4,6-7,9-10,14-15,30H,2,5,8,11-13,16-17H2,1H3,(H2,27,28,29). The number of aliphatic imine (C=N–C) groups is 1. The van der Waals surface area contributed by atoms with Crippen LogP contribution in [0.4, 0.5) is 4.39 Å². The highest BCUT2D eigenvalue weighted by molar-refractivity contribution is 5.83. The molecule has 1 amide bonds. The number of nitrogens with zero attached hydrogens (tertiary/aromatic N) is 2. The number of hydrogen-bond donors (Lipinski definition) is 3. The van der Waals surface area contributed by atoms with Crippen molar-refractivity contribution in [2.45, 2.75) is 39.3 Å². The fourth-order valence-electron chi connectivity index (χ4n) is 4.11. The Balaban J connectivity index is 1.22. The maximum atomic E-state index is 13.4. The molecule has 0 saturated carbocycles. The summed E-state index contributed by atoms with van der Waals surface area (Å²) in [6, 6.07) is 13.0. The SMILES string of the molecule is CCNC(=NCCCC(=O)N1Cc2ccccc2C1)NCCc1c[nH]c2cc(F)ccc12. The minimum absolute atomic E-state index is 0.185. The first-order valence-corrected chi connectivity index (χ1v) is 11.3. The third kappa shape index (κ3) is 5.28. The van der Waals surface area contributed by atoms with Gasteiger partial charge in [0.15, 0.2) is 5.96 Å². The number of H-pyrrole nitrogens is 1. The summed E-state index contributed by atoms with van der Waals surface area (Å²) in [4.78, 5) is 22.2. The molecule has 0 unspecified atom stereocenters. The Morgan fingerprint density at radius 3 is 2.69 bits per heavy atom. The molecule has 6 nitrogen and oxygen atoms in total. The van der Waals surface area contributed by atoms with Gasteiger partial charge in [-0.3, -0.25) is 9.79 Å². The number of halogens is 1. The number of hydrogen-bond acceptors (Lipinski definition) is 2. The Kier molecular flexibility index (Phi) is 7.04. The fraction of sp³-hybridized carbons (Fsp3) is 0.360. The average molecular weight is 436 g/mol. The van der Waals surface area contributed by atoms with Crippen LogP contribution in [0, 0.1) is 5.82 Å². The predicted octanol–water partition coefficient (Wildman–Crippen LogP) is 3.73. The summed E-state index contributed by atoms with van der Waals surface area (Å²) in [6.45, 7) is 5.52. The minimum atomic E-state index is -0.238. The van der Waals surface area contributed by atoms with Crippen LogP contribution in [0.1, 0.15) is 36.5 Å². The molecule has 0 radical (unpaired) electrons. The molecule has 0 aliphatic carbocycles. The maximum absolute atomic E-state index is 13.4. The van der Waals surface area contributed by atoms with Crippen molar-refractivity contribution >= 4 is 22.8 Å². The largest absolute Gasteiger partial charge is 0.361 e. The molecule has 1 aromatic heterocycles. The fourth-order valence-corrected chi connectivity index (χ4v) is 4.11. The van der Waals surface area contributed by atoms with Gasteiger partial charge in [-0.15, -0.1) is 0 Å². The van der Waals surface area contributed by atoms with Gasteiger partial charge in [0.05, 0.1) is 0 Å². The van der Waals surface area contributed by atoms with Gasteiger partial charge in [0, 0.05) is 56.2 Å². The van der Waals surface area contributed by atoms with Crippen LogP contribution in [-0.2, 0) is 24.3 Å². The van der Waals surface area contributed by atoms with Crippen LogP contribution < -0.4 is 10.6 Å². The number of rotatable bonds is 8. The molecule has 168 valence electrons. The summed E-state index contributed by atoms with van der Waals surface area (Å²) in [7, 11) is 0. The highest BCUT2D eigenvalue weighted by Gasteiger charge is 2.22. The van der Waals surface area contributed by atoms with Crippen molar-refractivity contribution in [1.82, 2.24) is 20.5 Å². The van der Waals surface area contributed by atoms with Crippen LogP contribution in [-0.4, -0.2) is 41.4 Å². The predicted molar refractivity (Wildman–Crippen MR) is 126 cm³/mol. The van der Waals surface area contributed by atoms with E-state index in [0.717, 1.165) is 41.8 Å². The van der Waals surface area contributed by atoms with E-state index in [1.54, 1.807) is 0 Å². The third-order valence-electron chi connectivity index (χ3n) is 5.77. The van der Waals surface area contributed by atoms with Crippen molar-refractivity contribution < 1.29 is 9.18 Å². The molecule has 4 rings (SSSR count). The molecule has 1 aliphatic rings. The Morgan fingerprint density at radius 2 is 1.94 bits per heavy atom. The average Bonchev–Trinajstić information content (AvgIpc) is 3.40. The Labute approximate surface area is 187 Å². The van der Waals surface area contributed by atoms with Crippen molar-refractivity contribution in [3.05, 3.63) is 71.2 Å². The first-order chi connectivity index (χ1) is 15.6. The van der Waals surface area contributed by atoms with Gasteiger partial charge in [-0.2, -0.15) is 0 Å². The number of nitrogens with one attached hydrogen (secondary N) is 3. The second kappa shape index (κ2) is 10.3. The smallest absolute Gasteiger partial charge is 0.223 e. The second-order valence-corrected chi connectivity index (χ2v) is 8.06. The summed E-state index contributed by atoms with van der Waals surface area (Å²) < 4.78 is 13.4. The van der Waals surface area contributed by atoms with E-state index in [1.165, 1.54) is 23.3 Å². The number of benzene rings is 2. The number of carbonyl (C=O) groups excluding carboxylic acids is 1. The molecular formula is C25H30FN5O. The highest BCUT2D eigenvalue weighted by atomic mass is 19.1. The summed E-state index contributed by atoms with van der Waals surface area (Å²) in [5.41, 5.74) is 4.45. The summed E-state index contributed by atoms with van der Waals surface area (Å²) in [5, 5.41) is 7.63. The normalized spacial score (nSPS) is 13.4. The van der Waals surface area contributed by atoms with Crippen molar-refractivity contribution in [3.8, 4) is 0 Å². The van der Waals surface area contributed by atoms with Crippen LogP contribution in [0.25, 0.3) is 10.9 Å². The molecule has 0 atom stereocenters. The number of fused-ring (bicyclic) bond motifs is 2. The first kappa shape index (κ1) is 21.9. The molecule has 0 saturated heterocycles. The lowest BCUT2D eigenvalue weighted by Crippen LogP contribution is -2.38. The molecule has 2 heterocycles. The molecule has 1 aliphatic heterocycles.